The van der Waals surface area contributed by atoms with Gasteiger partial charge in [-0.15, -0.1) is 0 Å². The first-order valence-corrected chi connectivity index (χ1v) is 5.42. The zero-order valence-electron chi connectivity index (χ0n) is 10.1. The highest BCUT2D eigenvalue weighted by atomic mass is 16.5. The highest BCUT2D eigenvalue weighted by Gasteiger charge is 2.47. The molecule has 0 amide bonds. The van der Waals surface area contributed by atoms with Crippen molar-refractivity contribution in [3.05, 3.63) is 0 Å². The summed E-state index contributed by atoms with van der Waals surface area (Å²) in [4.78, 5) is 22.8. The first-order chi connectivity index (χ1) is 7.18. The fourth-order valence-electron chi connectivity index (χ4n) is 2.45. The second-order valence-corrected chi connectivity index (χ2v) is 5.19. The van der Waals surface area contributed by atoms with Gasteiger partial charge in [-0.05, 0) is 20.8 Å². The number of carbonyl (C=O) groups is 2. The topological polar surface area (TPSA) is 77.8 Å². The van der Waals surface area contributed by atoms with E-state index in [4.69, 9.17) is 5.11 Å². The second-order valence-electron chi connectivity index (χ2n) is 5.19. The fourth-order valence-corrected chi connectivity index (χ4v) is 2.45. The molecule has 0 spiro atoms. The smallest absolute Gasteiger partial charge is 0.307 e. The van der Waals surface area contributed by atoms with Gasteiger partial charge in [-0.1, -0.05) is 6.92 Å². The number of carboxylic acid groups (broad SMARTS) is 1. The maximum absolute atomic E-state index is 11.9. The summed E-state index contributed by atoms with van der Waals surface area (Å²) in [6, 6.07) is -0.470. The zero-order chi connectivity index (χ0) is 12.7. The molecule has 0 radical (unpaired) electrons. The van der Waals surface area contributed by atoms with Crippen LogP contribution in [-0.4, -0.2) is 38.7 Å². The maximum Gasteiger partial charge on any atom is 0.307 e. The van der Waals surface area contributed by atoms with E-state index in [1.54, 1.807) is 20.8 Å². The van der Waals surface area contributed by atoms with Gasteiger partial charge in [0.15, 0.2) is 0 Å². The Balaban J connectivity index is 2.97. The zero-order valence-corrected chi connectivity index (χ0v) is 10.1. The molecular formula is C11H19NO4. The Bertz CT molecular complexity index is 313. The molecule has 5 heteroatoms. The van der Waals surface area contributed by atoms with Crippen LogP contribution < -0.4 is 0 Å². The number of aliphatic carboxylic acids is 1. The van der Waals surface area contributed by atoms with E-state index in [9.17, 15) is 14.8 Å². The van der Waals surface area contributed by atoms with E-state index in [0.29, 0.717) is 0 Å². The number of hydrogen-bond donors (Lipinski definition) is 2. The van der Waals surface area contributed by atoms with Crippen LogP contribution in [0.1, 0.15) is 34.1 Å². The van der Waals surface area contributed by atoms with E-state index in [-0.39, 0.29) is 12.2 Å². The number of piperidine rings is 1. The first kappa shape index (κ1) is 13.1. The quantitative estimate of drug-likeness (QED) is 0.742. The number of hydroxylamine groups is 2. The lowest BCUT2D eigenvalue weighted by molar-refractivity contribution is -0.222. The van der Waals surface area contributed by atoms with Crippen molar-refractivity contribution in [3.63, 3.8) is 0 Å². The minimum atomic E-state index is -1.00. The summed E-state index contributed by atoms with van der Waals surface area (Å²) in [7, 11) is 0. The Morgan fingerprint density at radius 2 is 2.06 bits per heavy atom. The number of ketones is 1. The van der Waals surface area contributed by atoms with Crippen LogP contribution in [0.5, 0.6) is 0 Å². The van der Waals surface area contributed by atoms with Gasteiger partial charge in [-0.25, -0.2) is 0 Å². The minimum absolute atomic E-state index is 0.0855. The third-order valence-corrected chi connectivity index (χ3v) is 3.43. The molecule has 16 heavy (non-hydrogen) atoms. The van der Waals surface area contributed by atoms with Crippen LogP contribution in [-0.2, 0) is 9.59 Å². The van der Waals surface area contributed by atoms with Crippen LogP contribution in [0.4, 0.5) is 0 Å². The number of nitrogens with zero attached hydrogens (tertiary/aromatic N) is 1. The van der Waals surface area contributed by atoms with Crippen LogP contribution in [0.25, 0.3) is 0 Å². The largest absolute Gasteiger partial charge is 0.481 e. The molecule has 1 fully saturated rings. The maximum atomic E-state index is 11.9. The van der Waals surface area contributed by atoms with Crippen molar-refractivity contribution < 1.29 is 19.9 Å². The monoisotopic (exact) mass is 229 g/mol. The average Bonchev–Trinajstić information content (AvgIpc) is 2.13. The fraction of sp³-hybridized carbons (Fsp3) is 0.818. The molecule has 0 bridgehead atoms. The van der Waals surface area contributed by atoms with E-state index in [1.807, 2.05) is 0 Å². The number of carboxylic acids is 1. The molecule has 0 aromatic carbocycles. The van der Waals surface area contributed by atoms with Gasteiger partial charge in [0.25, 0.3) is 0 Å². The van der Waals surface area contributed by atoms with Crippen molar-refractivity contribution in [3.8, 4) is 0 Å². The summed E-state index contributed by atoms with van der Waals surface area (Å²) in [6.45, 7) is 6.72. The predicted molar refractivity (Wildman–Crippen MR) is 57.1 cm³/mol. The minimum Gasteiger partial charge on any atom is -0.481 e. The van der Waals surface area contributed by atoms with Gasteiger partial charge < -0.3 is 10.3 Å². The van der Waals surface area contributed by atoms with Gasteiger partial charge >= 0.3 is 5.97 Å². The molecule has 0 aliphatic carbocycles. The van der Waals surface area contributed by atoms with Crippen molar-refractivity contribution in [1.29, 1.82) is 0 Å². The number of Topliss-reactive ketones (excluding diaryl/α,β-unsaturated/α-hetero) is 1. The molecule has 1 aliphatic heterocycles. The van der Waals surface area contributed by atoms with Crippen LogP contribution >= 0.6 is 0 Å². The Kier molecular flexibility index (Phi) is 3.40. The van der Waals surface area contributed by atoms with Gasteiger partial charge in [0.05, 0.1) is 5.92 Å². The molecule has 0 aromatic rings. The van der Waals surface area contributed by atoms with Crippen molar-refractivity contribution in [2.75, 3.05) is 0 Å². The molecule has 0 saturated carbocycles. The molecule has 1 rings (SSSR count). The molecule has 2 N–H and O–H groups in total. The summed E-state index contributed by atoms with van der Waals surface area (Å²) in [5.74, 6) is -2.50. The SMILES string of the molecule is CC(C(=O)O)C1C(=O)CC(C)(C)N(O)C1C. The highest BCUT2D eigenvalue weighted by molar-refractivity contribution is 5.88. The third-order valence-electron chi connectivity index (χ3n) is 3.43. The van der Waals surface area contributed by atoms with Crippen molar-refractivity contribution >= 4 is 11.8 Å². The van der Waals surface area contributed by atoms with E-state index in [2.05, 4.69) is 0 Å². The molecule has 5 nitrogen and oxygen atoms in total. The number of rotatable bonds is 2. The standard InChI is InChI=1S/C11H19NO4/c1-6(10(14)15)9-7(2)12(16)11(3,4)5-8(9)13/h6-7,9,16H,5H2,1-4H3,(H,14,15). The Morgan fingerprint density at radius 1 is 1.56 bits per heavy atom. The van der Waals surface area contributed by atoms with Crippen LogP contribution in [0.3, 0.4) is 0 Å². The predicted octanol–water partition coefficient (Wildman–Crippen LogP) is 1.15. The molecule has 92 valence electrons. The van der Waals surface area contributed by atoms with Crippen molar-refractivity contribution in [2.45, 2.75) is 45.7 Å². The van der Waals surface area contributed by atoms with E-state index in [1.165, 1.54) is 6.92 Å². The Morgan fingerprint density at radius 3 is 2.50 bits per heavy atom. The molecule has 3 unspecified atom stereocenters. The van der Waals surface area contributed by atoms with E-state index in [0.717, 1.165) is 5.06 Å². The summed E-state index contributed by atoms with van der Waals surface area (Å²) >= 11 is 0. The molecule has 1 saturated heterocycles. The lowest BCUT2D eigenvalue weighted by Gasteiger charge is -2.46. The lowest BCUT2D eigenvalue weighted by atomic mass is 9.75. The van der Waals surface area contributed by atoms with Crippen LogP contribution in [0.15, 0.2) is 0 Å². The van der Waals surface area contributed by atoms with Crippen LogP contribution in [0.2, 0.25) is 0 Å². The molecular weight excluding hydrogens is 210 g/mol. The first-order valence-electron chi connectivity index (χ1n) is 5.42. The lowest BCUT2D eigenvalue weighted by Crippen LogP contribution is -2.59. The van der Waals surface area contributed by atoms with Crippen LogP contribution in [0, 0.1) is 11.8 Å². The molecule has 0 aromatic heterocycles. The summed E-state index contributed by atoms with van der Waals surface area (Å²) < 4.78 is 0. The summed E-state index contributed by atoms with van der Waals surface area (Å²) in [6.07, 6.45) is 0.177. The summed E-state index contributed by atoms with van der Waals surface area (Å²) in [5, 5.41) is 20.0. The third kappa shape index (κ3) is 2.10. The van der Waals surface area contributed by atoms with E-state index < -0.39 is 29.4 Å². The molecule has 3 atom stereocenters. The van der Waals surface area contributed by atoms with Crippen molar-refractivity contribution in [1.82, 2.24) is 5.06 Å². The van der Waals surface area contributed by atoms with E-state index >= 15 is 0 Å². The van der Waals surface area contributed by atoms with Gasteiger partial charge in [-0.3, -0.25) is 9.59 Å². The highest BCUT2D eigenvalue weighted by Crippen LogP contribution is 2.34. The molecule has 1 aliphatic rings. The Labute approximate surface area is 95.0 Å². The number of hydrogen-bond acceptors (Lipinski definition) is 4. The summed E-state index contributed by atoms with van der Waals surface area (Å²) in [5.41, 5.74) is -0.620. The normalized spacial score (nSPS) is 32.4. The van der Waals surface area contributed by atoms with Gasteiger partial charge in [0, 0.05) is 23.9 Å². The van der Waals surface area contributed by atoms with Crippen molar-refractivity contribution in [2.24, 2.45) is 11.8 Å². The van der Waals surface area contributed by atoms with Gasteiger partial charge in [-0.2, -0.15) is 5.06 Å². The van der Waals surface area contributed by atoms with Gasteiger partial charge in [0.2, 0.25) is 0 Å². The Hall–Kier alpha value is -0.940. The molecule has 1 heterocycles. The second kappa shape index (κ2) is 4.14. The number of carbonyl (C=O) groups excluding carboxylic acids is 1. The van der Waals surface area contributed by atoms with Gasteiger partial charge in [0.1, 0.15) is 5.78 Å². The average molecular weight is 229 g/mol.